The summed E-state index contributed by atoms with van der Waals surface area (Å²) in [7, 11) is 0. The zero-order chi connectivity index (χ0) is 15.1. The second-order valence-electron chi connectivity index (χ2n) is 6.23. The Morgan fingerprint density at radius 2 is 2.24 bits per heavy atom. The van der Waals surface area contributed by atoms with E-state index >= 15 is 0 Å². The van der Waals surface area contributed by atoms with Crippen LogP contribution < -0.4 is 5.32 Å². The maximum atomic E-state index is 5.43. The van der Waals surface area contributed by atoms with E-state index in [9.17, 15) is 0 Å². The summed E-state index contributed by atoms with van der Waals surface area (Å²) in [6, 6.07) is 0.594. The van der Waals surface area contributed by atoms with Crippen LogP contribution in [0.5, 0.6) is 0 Å². The van der Waals surface area contributed by atoms with E-state index in [0.717, 1.165) is 43.7 Å². The third-order valence-corrected chi connectivity index (χ3v) is 4.48. The van der Waals surface area contributed by atoms with Gasteiger partial charge >= 0.3 is 0 Å². The summed E-state index contributed by atoms with van der Waals surface area (Å²) in [6.07, 6.45) is 9.81. The van der Waals surface area contributed by atoms with Crippen molar-refractivity contribution in [2.45, 2.75) is 71.9 Å². The minimum Gasteiger partial charge on any atom is -0.382 e. The van der Waals surface area contributed by atoms with Crippen LogP contribution in [-0.2, 0) is 11.3 Å². The lowest BCUT2D eigenvalue weighted by Crippen LogP contribution is -2.28. The highest BCUT2D eigenvalue weighted by Gasteiger charge is 2.21. The van der Waals surface area contributed by atoms with Crippen LogP contribution in [0, 0.1) is 12.8 Å². The van der Waals surface area contributed by atoms with Gasteiger partial charge in [-0.05, 0) is 39.0 Å². The maximum Gasteiger partial charge on any atom is 0.203 e. The monoisotopic (exact) mass is 293 g/mol. The van der Waals surface area contributed by atoms with Gasteiger partial charge in [0.1, 0.15) is 0 Å². The first-order valence-corrected chi connectivity index (χ1v) is 8.61. The minimum absolute atomic E-state index is 0.594. The fourth-order valence-electron chi connectivity index (χ4n) is 3.29. The Labute approximate surface area is 129 Å². The number of rotatable bonds is 8. The van der Waals surface area contributed by atoms with Crippen molar-refractivity contribution in [3.05, 3.63) is 11.9 Å². The highest BCUT2D eigenvalue weighted by molar-refractivity contribution is 5.30. The van der Waals surface area contributed by atoms with Gasteiger partial charge in [-0.15, -0.1) is 0 Å². The number of aryl methyl sites for hydroxylation is 2. The van der Waals surface area contributed by atoms with E-state index in [1.807, 2.05) is 6.92 Å². The van der Waals surface area contributed by atoms with E-state index in [1.165, 1.54) is 32.1 Å². The lowest BCUT2D eigenvalue weighted by molar-refractivity contribution is 0.142. The standard InChI is InChI=1S/C17H31N3O/c1-4-15-8-6-9-16(12-15)19-17-18-14(3)13-20(17)10-7-11-21-5-2/h13,15-16H,4-12H2,1-3H3,(H,18,19). The van der Waals surface area contributed by atoms with E-state index in [0.29, 0.717) is 6.04 Å². The summed E-state index contributed by atoms with van der Waals surface area (Å²) in [5, 5.41) is 3.69. The van der Waals surface area contributed by atoms with Crippen molar-refractivity contribution in [2.75, 3.05) is 18.5 Å². The number of ether oxygens (including phenoxy) is 1. The molecule has 0 amide bonds. The highest BCUT2D eigenvalue weighted by atomic mass is 16.5. The van der Waals surface area contributed by atoms with Crippen molar-refractivity contribution in [1.82, 2.24) is 9.55 Å². The molecule has 0 aliphatic heterocycles. The second kappa shape index (κ2) is 8.42. The van der Waals surface area contributed by atoms with E-state index in [-0.39, 0.29) is 0 Å². The Kier molecular flexibility index (Phi) is 6.55. The molecular weight excluding hydrogens is 262 g/mol. The molecule has 0 spiro atoms. The van der Waals surface area contributed by atoms with Crippen molar-refractivity contribution in [1.29, 1.82) is 0 Å². The predicted molar refractivity (Wildman–Crippen MR) is 87.7 cm³/mol. The first-order valence-electron chi connectivity index (χ1n) is 8.61. The fourth-order valence-corrected chi connectivity index (χ4v) is 3.29. The smallest absolute Gasteiger partial charge is 0.203 e. The zero-order valence-corrected chi connectivity index (χ0v) is 13.9. The molecule has 120 valence electrons. The molecular formula is C17H31N3O. The van der Waals surface area contributed by atoms with Gasteiger partial charge in [0, 0.05) is 32.0 Å². The molecule has 4 heteroatoms. The molecule has 2 atom stereocenters. The number of anilines is 1. The molecule has 0 bridgehead atoms. The molecule has 0 aromatic carbocycles. The third-order valence-electron chi connectivity index (χ3n) is 4.48. The van der Waals surface area contributed by atoms with Gasteiger partial charge in [0.25, 0.3) is 0 Å². The molecule has 1 heterocycles. The van der Waals surface area contributed by atoms with Gasteiger partial charge < -0.3 is 14.6 Å². The van der Waals surface area contributed by atoms with E-state index in [1.54, 1.807) is 0 Å². The van der Waals surface area contributed by atoms with Crippen LogP contribution in [0.25, 0.3) is 0 Å². The molecule has 4 nitrogen and oxygen atoms in total. The molecule has 1 N–H and O–H groups in total. The summed E-state index contributed by atoms with van der Waals surface area (Å²) in [5.74, 6) is 1.93. The molecule has 1 saturated carbocycles. The molecule has 1 aromatic heterocycles. The number of imidazole rings is 1. The molecule has 21 heavy (non-hydrogen) atoms. The minimum atomic E-state index is 0.594. The maximum absolute atomic E-state index is 5.43. The lowest BCUT2D eigenvalue weighted by atomic mass is 9.84. The molecule has 2 rings (SSSR count). The molecule has 2 unspecified atom stereocenters. The average molecular weight is 293 g/mol. The summed E-state index contributed by atoms with van der Waals surface area (Å²) >= 11 is 0. The molecule has 1 aromatic rings. The topological polar surface area (TPSA) is 39.1 Å². The number of aromatic nitrogens is 2. The van der Waals surface area contributed by atoms with Crippen LogP contribution in [-0.4, -0.2) is 28.8 Å². The van der Waals surface area contributed by atoms with Crippen LogP contribution in [0.2, 0.25) is 0 Å². The Hall–Kier alpha value is -1.03. The number of hydrogen-bond donors (Lipinski definition) is 1. The van der Waals surface area contributed by atoms with Gasteiger partial charge in [-0.25, -0.2) is 4.98 Å². The molecule has 1 aliphatic carbocycles. The van der Waals surface area contributed by atoms with Crippen LogP contribution in [0.15, 0.2) is 6.20 Å². The van der Waals surface area contributed by atoms with Gasteiger partial charge in [0.15, 0.2) is 0 Å². The number of nitrogens with zero attached hydrogens (tertiary/aromatic N) is 2. The third kappa shape index (κ3) is 5.03. The van der Waals surface area contributed by atoms with Crippen LogP contribution in [0.3, 0.4) is 0 Å². The van der Waals surface area contributed by atoms with Gasteiger partial charge in [0.05, 0.1) is 5.69 Å². The van der Waals surface area contributed by atoms with E-state index in [2.05, 4.69) is 34.9 Å². The first kappa shape index (κ1) is 16.3. The SMILES string of the molecule is CCOCCCn1cc(C)nc1NC1CCCC(CC)C1. The number of nitrogens with one attached hydrogen (secondary N) is 1. The fraction of sp³-hybridized carbons (Fsp3) is 0.824. The number of hydrogen-bond acceptors (Lipinski definition) is 3. The summed E-state index contributed by atoms with van der Waals surface area (Å²) in [4.78, 5) is 4.67. The normalized spacial score (nSPS) is 22.4. The molecule has 0 radical (unpaired) electrons. The summed E-state index contributed by atoms with van der Waals surface area (Å²) in [5.41, 5.74) is 1.09. The average Bonchev–Trinajstić information content (AvgIpc) is 2.83. The molecule has 0 saturated heterocycles. The van der Waals surface area contributed by atoms with Crippen molar-refractivity contribution in [3.8, 4) is 0 Å². The largest absolute Gasteiger partial charge is 0.382 e. The Balaban J connectivity index is 1.89. The molecule has 1 fully saturated rings. The van der Waals surface area contributed by atoms with Crippen molar-refractivity contribution >= 4 is 5.95 Å². The van der Waals surface area contributed by atoms with Crippen molar-refractivity contribution in [2.24, 2.45) is 5.92 Å². The van der Waals surface area contributed by atoms with Crippen LogP contribution >= 0.6 is 0 Å². The zero-order valence-electron chi connectivity index (χ0n) is 13.9. The van der Waals surface area contributed by atoms with E-state index in [4.69, 9.17) is 4.74 Å². The lowest BCUT2D eigenvalue weighted by Gasteiger charge is -2.29. The first-order chi connectivity index (χ1) is 10.2. The van der Waals surface area contributed by atoms with Crippen molar-refractivity contribution < 1.29 is 4.74 Å². The van der Waals surface area contributed by atoms with E-state index < -0.39 is 0 Å². The van der Waals surface area contributed by atoms with Gasteiger partial charge in [0.2, 0.25) is 5.95 Å². The Bertz CT molecular complexity index is 416. The Morgan fingerprint density at radius 1 is 1.38 bits per heavy atom. The predicted octanol–water partition coefficient (Wildman–Crippen LogP) is 4.00. The summed E-state index contributed by atoms with van der Waals surface area (Å²) < 4.78 is 7.68. The van der Waals surface area contributed by atoms with Crippen LogP contribution in [0.1, 0.15) is 58.1 Å². The van der Waals surface area contributed by atoms with Crippen LogP contribution in [0.4, 0.5) is 5.95 Å². The Morgan fingerprint density at radius 3 is 3.00 bits per heavy atom. The quantitative estimate of drug-likeness (QED) is 0.736. The van der Waals surface area contributed by atoms with Crippen molar-refractivity contribution in [3.63, 3.8) is 0 Å². The van der Waals surface area contributed by atoms with Gasteiger partial charge in [-0.2, -0.15) is 0 Å². The summed E-state index contributed by atoms with van der Waals surface area (Å²) in [6.45, 7) is 9.03. The molecule has 1 aliphatic rings. The van der Waals surface area contributed by atoms with Gasteiger partial charge in [-0.1, -0.05) is 26.2 Å². The van der Waals surface area contributed by atoms with Gasteiger partial charge in [-0.3, -0.25) is 0 Å². The second-order valence-corrected chi connectivity index (χ2v) is 6.23. The highest BCUT2D eigenvalue weighted by Crippen LogP contribution is 2.28.